The largest absolute Gasteiger partial charge is 0.368 e. The number of carbonyl (C=O) groups excluding carboxylic acids is 1. The van der Waals surface area contributed by atoms with E-state index in [4.69, 9.17) is 0 Å². The van der Waals surface area contributed by atoms with Crippen molar-refractivity contribution >= 4 is 44.8 Å². The fourth-order valence-electron chi connectivity index (χ4n) is 2.78. The van der Waals surface area contributed by atoms with Crippen molar-refractivity contribution in [2.75, 3.05) is 30.8 Å². The summed E-state index contributed by atoms with van der Waals surface area (Å²) in [6, 6.07) is 6.50. The molecule has 0 saturated carbocycles. The number of fused-ring (bicyclic) bond motifs is 3. The van der Waals surface area contributed by atoms with Gasteiger partial charge in [-0.25, -0.2) is 0 Å². The predicted molar refractivity (Wildman–Crippen MR) is 93.0 cm³/mol. The standard InChI is InChI=1S/C16H20N2OS2/c1-10(2)9-18-7-6-17-16(19)15-14(18)12-8-11(20-3)4-5-13(12)21-15/h4-5,8,10H,6-7,9H2,1-3H3,(H,17,19). The first kappa shape index (κ1) is 14.7. The molecular weight excluding hydrogens is 300 g/mol. The highest BCUT2D eigenvalue weighted by Gasteiger charge is 2.26. The first-order chi connectivity index (χ1) is 10.1. The minimum atomic E-state index is 0.0724. The first-order valence-electron chi connectivity index (χ1n) is 7.24. The van der Waals surface area contributed by atoms with E-state index in [1.165, 1.54) is 15.0 Å². The molecule has 3 rings (SSSR count). The quantitative estimate of drug-likeness (QED) is 0.872. The van der Waals surface area contributed by atoms with E-state index in [1.807, 2.05) is 0 Å². The lowest BCUT2D eigenvalue weighted by molar-refractivity contribution is 0.0962. The van der Waals surface area contributed by atoms with E-state index in [9.17, 15) is 4.79 Å². The molecule has 1 N–H and O–H groups in total. The average Bonchev–Trinajstić information content (AvgIpc) is 2.76. The summed E-state index contributed by atoms with van der Waals surface area (Å²) < 4.78 is 1.20. The van der Waals surface area contributed by atoms with E-state index in [2.05, 4.69) is 48.5 Å². The molecule has 1 aromatic heterocycles. The minimum Gasteiger partial charge on any atom is -0.368 e. The number of rotatable bonds is 3. The van der Waals surface area contributed by atoms with Gasteiger partial charge in [-0.05, 0) is 30.4 Å². The van der Waals surface area contributed by atoms with Crippen molar-refractivity contribution in [3.05, 3.63) is 23.1 Å². The maximum atomic E-state index is 12.3. The van der Waals surface area contributed by atoms with Crippen LogP contribution < -0.4 is 10.2 Å². The Balaban J connectivity index is 2.19. The molecule has 0 bridgehead atoms. The Morgan fingerprint density at radius 1 is 1.43 bits per heavy atom. The second-order valence-electron chi connectivity index (χ2n) is 5.74. The molecular formula is C16H20N2OS2. The van der Waals surface area contributed by atoms with Gasteiger partial charge in [-0.1, -0.05) is 13.8 Å². The topological polar surface area (TPSA) is 32.3 Å². The van der Waals surface area contributed by atoms with E-state index in [0.717, 1.165) is 30.2 Å². The van der Waals surface area contributed by atoms with Crippen LogP contribution in [0.5, 0.6) is 0 Å². The number of hydrogen-bond acceptors (Lipinski definition) is 4. The van der Waals surface area contributed by atoms with Crippen LogP contribution >= 0.6 is 23.1 Å². The molecule has 0 atom stereocenters. The second kappa shape index (κ2) is 5.89. The van der Waals surface area contributed by atoms with Gasteiger partial charge in [0.05, 0.1) is 5.69 Å². The van der Waals surface area contributed by atoms with Crippen LogP contribution in [0.4, 0.5) is 5.69 Å². The lowest BCUT2D eigenvalue weighted by Gasteiger charge is -2.25. The number of amides is 1. The zero-order valence-corrected chi connectivity index (χ0v) is 14.2. The number of nitrogens with zero attached hydrogens (tertiary/aromatic N) is 1. The summed E-state index contributed by atoms with van der Waals surface area (Å²) in [5.74, 6) is 0.646. The molecule has 112 valence electrons. The molecule has 0 aliphatic carbocycles. The van der Waals surface area contributed by atoms with Crippen LogP contribution in [0, 0.1) is 5.92 Å². The second-order valence-corrected chi connectivity index (χ2v) is 7.67. The Kier molecular flexibility index (Phi) is 4.13. The fraction of sp³-hybridized carbons (Fsp3) is 0.438. The Bertz CT molecular complexity index is 678. The van der Waals surface area contributed by atoms with Crippen LogP contribution in [0.25, 0.3) is 10.1 Å². The highest BCUT2D eigenvalue weighted by Crippen LogP contribution is 2.40. The van der Waals surface area contributed by atoms with Gasteiger partial charge < -0.3 is 10.2 Å². The molecule has 1 aromatic carbocycles. The van der Waals surface area contributed by atoms with Gasteiger partial charge in [0.2, 0.25) is 0 Å². The zero-order valence-electron chi connectivity index (χ0n) is 12.6. The summed E-state index contributed by atoms with van der Waals surface area (Å²) >= 11 is 3.35. The molecule has 0 radical (unpaired) electrons. The summed E-state index contributed by atoms with van der Waals surface area (Å²) in [4.78, 5) is 16.8. The van der Waals surface area contributed by atoms with E-state index in [-0.39, 0.29) is 5.91 Å². The van der Waals surface area contributed by atoms with Crippen LogP contribution in [-0.2, 0) is 0 Å². The Morgan fingerprint density at radius 2 is 2.24 bits per heavy atom. The maximum Gasteiger partial charge on any atom is 0.263 e. The molecule has 0 fully saturated rings. The lowest BCUT2D eigenvalue weighted by atomic mass is 10.1. The highest BCUT2D eigenvalue weighted by atomic mass is 32.2. The molecule has 21 heavy (non-hydrogen) atoms. The van der Waals surface area contributed by atoms with E-state index in [1.54, 1.807) is 23.1 Å². The van der Waals surface area contributed by atoms with Crippen LogP contribution in [0.3, 0.4) is 0 Å². The molecule has 0 unspecified atom stereocenters. The maximum absolute atomic E-state index is 12.3. The van der Waals surface area contributed by atoms with Crippen LogP contribution in [0.2, 0.25) is 0 Å². The van der Waals surface area contributed by atoms with Gasteiger partial charge in [0, 0.05) is 34.6 Å². The lowest BCUT2D eigenvalue weighted by Crippen LogP contribution is -2.32. The van der Waals surface area contributed by atoms with Gasteiger partial charge >= 0.3 is 0 Å². The number of thiophene rings is 1. The van der Waals surface area contributed by atoms with Crippen molar-refractivity contribution < 1.29 is 4.79 Å². The van der Waals surface area contributed by atoms with Gasteiger partial charge in [0.1, 0.15) is 4.88 Å². The van der Waals surface area contributed by atoms with Gasteiger partial charge in [-0.3, -0.25) is 4.79 Å². The number of thioether (sulfide) groups is 1. The summed E-state index contributed by atoms with van der Waals surface area (Å²) in [7, 11) is 0. The first-order valence-corrected chi connectivity index (χ1v) is 9.28. The Hall–Kier alpha value is -1.20. The molecule has 1 aliphatic heterocycles. The predicted octanol–water partition coefficient (Wildman–Crippen LogP) is 3.83. The third-order valence-electron chi connectivity index (χ3n) is 3.64. The summed E-state index contributed by atoms with van der Waals surface area (Å²) in [5.41, 5.74) is 1.13. The van der Waals surface area contributed by atoms with Crippen LogP contribution in [0.15, 0.2) is 23.1 Å². The number of carbonyl (C=O) groups is 1. The summed E-state index contributed by atoms with van der Waals surface area (Å²) in [5, 5.41) is 4.24. The van der Waals surface area contributed by atoms with Crippen molar-refractivity contribution in [2.45, 2.75) is 18.7 Å². The average molecular weight is 320 g/mol. The van der Waals surface area contributed by atoms with Crippen molar-refractivity contribution in [3.8, 4) is 0 Å². The van der Waals surface area contributed by atoms with Gasteiger partial charge in [0.15, 0.2) is 0 Å². The number of anilines is 1. The van der Waals surface area contributed by atoms with Crippen molar-refractivity contribution in [3.63, 3.8) is 0 Å². The summed E-state index contributed by atoms with van der Waals surface area (Å²) in [6.07, 6.45) is 2.09. The summed E-state index contributed by atoms with van der Waals surface area (Å²) in [6.45, 7) is 7.03. The monoisotopic (exact) mass is 320 g/mol. The van der Waals surface area contributed by atoms with E-state index >= 15 is 0 Å². The minimum absolute atomic E-state index is 0.0724. The Morgan fingerprint density at radius 3 is 2.95 bits per heavy atom. The zero-order chi connectivity index (χ0) is 15.0. The molecule has 0 spiro atoms. The SMILES string of the molecule is CSc1ccc2sc3c(c2c1)N(CC(C)C)CCNC3=O. The number of benzene rings is 1. The van der Waals surface area contributed by atoms with Crippen molar-refractivity contribution in [1.82, 2.24) is 5.32 Å². The van der Waals surface area contributed by atoms with Crippen molar-refractivity contribution in [1.29, 1.82) is 0 Å². The van der Waals surface area contributed by atoms with E-state index < -0.39 is 0 Å². The molecule has 1 aliphatic rings. The van der Waals surface area contributed by atoms with Gasteiger partial charge in [0.25, 0.3) is 5.91 Å². The highest BCUT2D eigenvalue weighted by molar-refractivity contribution is 7.98. The third-order valence-corrected chi connectivity index (χ3v) is 5.53. The smallest absolute Gasteiger partial charge is 0.263 e. The van der Waals surface area contributed by atoms with Gasteiger partial charge in [-0.2, -0.15) is 0 Å². The number of hydrogen-bond donors (Lipinski definition) is 1. The van der Waals surface area contributed by atoms with E-state index in [0.29, 0.717) is 5.92 Å². The normalized spacial score (nSPS) is 15.2. The van der Waals surface area contributed by atoms with Crippen molar-refractivity contribution in [2.24, 2.45) is 5.92 Å². The number of nitrogens with one attached hydrogen (secondary N) is 1. The van der Waals surface area contributed by atoms with Crippen LogP contribution in [-0.4, -0.2) is 31.8 Å². The molecule has 2 heterocycles. The van der Waals surface area contributed by atoms with Crippen LogP contribution in [0.1, 0.15) is 23.5 Å². The third kappa shape index (κ3) is 2.77. The Labute approximate surface area is 133 Å². The molecule has 5 heteroatoms. The van der Waals surface area contributed by atoms with Gasteiger partial charge in [-0.15, -0.1) is 23.1 Å². The molecule has 2 aromatic rings. The molecule has 1 amide bonds. The molecule has 3 nitrogen and oxygen atoms in total. The fourth-order valence-corrected chi connectivity index (χ4v) is 4.34. The molecule has 0 saturated heterocycles.